The normalized spacial score (nSPS) is 9.81. The summed E-state index contributed by atoms with van der Waals surface area (Å²) in [5, 5.41) is 12.2. The van der Waals surface area contributed by atoms with Gasteiger partial charge in [0.05, 0.1) is 11.3 Å². The fourth-order valence-corrected chi connectivity index (χ4v) is 1.66. The van der Waals surface area contributed by atoms with Crippen molar-refractivity contribution in [1.29, 1.82) is 5.26 Å². The average molecular weight is 283 g/mol. The zero-order chi connectivity index (χ0) is 11.8. The highest BCUT2D eigenvalue weighted by Gasteiger charge is 2.01. The minimum Gasteiger partial charge on any atom is -0.384 e. The molecule has 0 atom stereocenters. The second-order valence-electron chi connectivity index (χ2n) is 3.28. The molecule has 1 aromatic rings. The third-order valence-corrected chi connectivity index (χ3v) is 2.58. The van der Waals surface area contributed by atoms with Crippen LogP contribution in [0.25, 0.3) is 0 Å². The van der Waals surface area contributed by atoms with Gasteiger partial charge in [-0.1, -0.05) is 15.9 Å². The first-order valence-corrected chi connectivity index (χ1v) is 6.08. The molecule has 3 nitrogen and oxygen atoms in total. The van der Waals surface area contributed by atoms with Crippen molar-refractivity contribution in [2.45, 2.75) is 13.3 Å². The molecule has 0 bridgehead atoms. The minimum atomic E-state index is 0.666. The van der Waals surface area contributed by atoms with E-state index in [1.807, 2.05) is 19.1 Å². The van der Waals surface area contributed by atoms with Gasteiger partial charge in [0.1, 0.15) is 6.07 Å². The van der Waals surface area contributed by atoms with Crippen molar-refractivity contribution in [1.82, 2.24) is 0 Å². The Bertz CT molecular complexity index is 374. The van der Waals surface area contributed by atoms with Crippen LogP contribution < -0.4 is 5.32 Å². The van der Waals surface area contributed by atoms with Crippen molar-refractivity contribution in [2.24, 2.45) is 0 Å². The number of nitrogens with one attached hydrogen (secondary N) is 1. The van der Waals surface area contributed by atoms with E-state index >= 15 is 0 Å². The topological polar surface area (TPSA) is 45.0 Å². The summed E-state index contributed by atoms with van der Waals surface area (Å²) < 4.78 is 6.21. The summed E-state index contributed by atoms with van der Waals surface area (Å²) in [6.45, 7) is 4.29. The minimum absolute atomic E-state index is 0.666. The maximum atomic E-state index is 8.92. The van der Waals surface area contributed by atoms with Crippen molar-refractivity contribution >= 4 is 21.6 Å². The lowest BCUT2D eigenvalue weighted by Crippen LogP contribution is -2.06. The molecule has 1 rings (SSSR count). The van der Waals surface area contributed by atoms with E-state index < -0.39 is 0 Å². The highest BCUT2D eigenvalue weighted by atomic mass is 79.9. The largest absolute Gasteiger partial charge is 0.384 e. The molecule has 0 aromatic heterocycles. The summed E-state index contributed by atoms with van der Waals surface area (Å²) in [5.41, 5.74) is 1.54. The second kappa shape index (κ2) is 7.26. The van der Waals surface area contributed by atoms with Crippen molar-refractivity contribution in [3.05, 3.63) is 28.2 Å². The second-order valence-corrected chi connectivity index (χ2v) is 4.19. The zero-order valence-corrected chi connectivity index (χ0v) is 10.9. The van der Waals surface area contributed by atoms with Gasteiger partial charge < -0.3 is 10.1 Å². The maximum Gasteiger partial charge on any atom is 0.101 e. The van der Waals surface area contributed by atoms with Gasteiger partial charge >= 0.3 is 0 Å². The van der Waals surface area contributed by atoms with Gasteiger partial charge in [0, 0.05) is 24.2 Å². The van der Waals surface area contributed by atoms with E-state index in [-0.39, 0.29) is 0 Å². The highest BCUT2D eigenvalue weighted by Crippen LogP contribution is 2.20. The first kappa shape index (κ1) is 13.0. The fraction of sp³-hybridized carbons (Fsp3) is 0.417. The SMILES string of the molecule is CCOCCCNc1cc(Br)ccc1C#N. The Morgan fingerprint density at radius 3 is 3.00 bits per heavy atom. The predicted octanol–water partition coefficient (Wildman–Crippen LogP) is 3.16. The molecule has 0 heterocycles. The average Bonchev–Trinajstić information content (AvgIpc) is 2.29. The van der Waals surface area contributed by atoms with Crippen LogP contribution in [-0.2, 0) is 4.74 Å². The van der Waals surface area contributed by atoms with Crippen molar-refractivity contribution in [3.63, 3.8) is 0 Å². The molecule has 0 saturated heterocycles. The number of hydrogen-bond acceptors (Lipinski definition) is 3. The molecule has 16 heavy (non-hydrogen) atoms. The first-order chi connectivity index (χ1) is 7.77. The van der Waals surface area contributed by atoms with Crippen LogP contribution in [0.15, 0.2) is 22.7 Å². The Hall–Kier alpha value is -1.05. The number of rotatable bonds is 6. The lowest BCUT2D eigenvalue weighted by Gasteiger charge is -2.08. The molecule has 0 aliphatic carbocycles. The summed E-state index contributed by atoms with van der Waals surface area (Å²) in [7, 11) is 0. The maximum absolute atomic E-state index is 8.92. The summed E-state index contributed by atoms with van der Waals surface area (Å²) in [6, 6.07) is 7.74. The molecule has 1 N–H and O–H groups in total. The molecule has 86 valence electrons. The molecule has 0 saturated carbocycles. The molecule has 0 unspecified atom stereocenters. The van der Waals surface area contributed by atoms with Crippen LogP contribution in [0.2, 0.25) is 0 Å². The fourth-order valence-electron chi connectivity index (χ4n) is 1.30. The highest BCUT2D eigenvalue weighted by molar-refractivity contribution is 9.10. The number of benzene rings is 1. The van der Waals surface area contributed by atoms with Crippen LogP contribution in [0.3, 0.4) is 0 Å². The number of nitriles is 1. The summed E-state index contributed by atoms with van der Waals surface area (Å²) in [4.78, 5) is 0. The molecule has 0 amide bonds. The van der Waals surface area contributed by atoms with Gasteiger partial charge in [-0.05, 0) is 31.5 Å². The van der Waals surface area contributed by atoms with E-state index in [2.05, 4.69) is 27.3 Å². The Kier molecular flexibility index (Phi) is 5.91. The molecule has 1 aromatic carbocycles. The summed E-state index contributed by atoms with van der Waals surface area (Å²) >= 11 is 3.39. The number of nitrogens with zero attached hydrogens (tertiary/aromatic N) is 1. The Labute approximate surface area is 105 Å². The van der Waals surface area contributed by atoms with Gasteiger partial charge in [-0.15, -0.1) is 0 Å². The quantitative estimate of drug-likeness (QED) is 0.816. The van der Waals surface area contributed by atoms with Crippen molar-refractivity contribution in [2.75, 3.05) is 25.1 Å². The monoisotopic (exact) mass is 282 g/mol. The number of halogens is 1. The van der Waals surface area contributed by atoms with Crippen LogP contribution >= 0.6 is 15.9 Å². The van der Waals surface area contributed by atoms with E-state index in [1.54, 1.807) is 6.07 Å². The number of anilines is 1. The van der Waals surface area contributed by atoms with E-state index in [9.17, 15) is 0 Å². The van der Waals surface area contributed by atoms with Crippen molar-refractivity contribution < 1.29 is 4.74 Å². The van der Waals surface area contributed by atoms with Gasteiger partial charge in [-0.3, -0.25) is 0 Å². The van der Waals surface area contributed by atoms with Gasteiger partial charge in [-0.25, -0.2) is 0 Å². The third-order valence-electron chi connectivity index (χ3n) is 2.09. The van der Waals surface area contributed by atoms with Crippen molar-refractivity contribution in [3.8, 4) is 6.07 Å². The predicted molar refractivity (Wildman–Crippen MR) is 68.5 cm³/mol. The van der Waals surface area contributed by atoms with Crippen LogP contribution in [-0.4, -0.2) is 19.8 Å². The van der Waals surface area contributed by atoms with E-state index in [0.29, 0.717) is 5.56 Å². The van der Waals surface area contributed by atoms with Crippen LogP contribution in [0.5, 0.6) is 0 Å². The van der Waals surface area contributed by atoms with Gasteiger partial charge in [-0.2, -0.15) is 5.26 Å². The number of hydrogen-bond donors (Lipinski definition) is 1. The molecule has 0 aliphatic heterocycles. The molecule has 4 heteroatoms. The third kappa shape index (κ3) is 4.21. The van der Waals surface area contributed by atoms with E-state index in [1.165, 1.54) is 0 Å². The Morgan fingerprint density at radius 1 is 1.50 bits per heavy atom. The van der Waals surface area contributed by atoms with Crippen LogP contribution in [0.4, 0.5) is 5.69 Å². The number of ether oxygens (including phenoxy) is 1. The van der Waals surface area contributed by atoms with E-state index in [4.69, 9.17) is 10.00 Å². The lowest BCUT2D eigenvalue weighted by molar-refractivity contribution is 0.147. The summed E-state index contributed by atoms with van der Waals surface area (Å²) in [5.74, 6) is 0. The standard InChI is InChI=1S/C12H15BrN2O/c1-2-16-7-3-6-15-12-8-11(13)5-4-10(12)9-14/h4-5,8,15H,2-3,6-7H2,1H3. The molecular formula is C12H15BrN2O. The Balaban J connectivity index is 2.46. The van der Waals surface area contributed by atoms with Gasteiger partial charge in [0.25, 0.3) is 0 Å². The summed E-state index contributed by atoms with van der Waals surface area (Å²) in [6.07, 6.45) is 0.936. The molecular weight excluding hydrogens is 268 g/mol. The molecule has 0 radical (unpaired) electrons. The Morgan fingerprint density at radius 2 is 2.31 bits per heavy atom. The van der Waals surface area contributed by atoms with E-state index in [0.717, 1.165) is 36.3 Å². The molecule has 0 spiro atoms. The molecule has 0 aliphatic rings. The zero-order valence-electron chi connectivity index (χ0n) is 9.29. The first-order valence-electron chi connectivity index (χ1n) is 5.29. The van der Waals surface area contributed by atoms with Gasteiger partial charge in [0.2, 0.25) is 0 Å². The van der Waals surface area contributed by atoms with Gasteiger partial charge in [0.15, 0.2) is 0 Å². The lowest BCUT2D eigenvalue weighted by atomic mass is 10.2. The van der Waals surface area contributed by atoms with Crippen LogP contribution in [0.1, 0.15) is 18.9 Å². The molecule has 0 fully saturated rings. The van der Waals surface area contributed by atoms with Crippen LogP contribution in [0, 0.1) is 11.3 Å². The smallest absolute Gasteiger partial charge is 0.101 e.